The van der Waals surface area contributed by atoms with Gasteiger partial charge in [-0.1, -0.05) is 29.6 Å². The number of nitrogens with one attached hydrogen (secondary N) is 3. The van der Waals surface area contributed by atoms with Gasteiger partial charge < -0.3 is 16.0 Å². The van der Waals surface area contributed by atoms with Crippen LogP contribution in [0.2, 0.25) is 0 Å². The maximum atomic E-state index is 11.9. The van der Waals surface area contributed by atoms with E-state index in [-0.39, 0.29) is 40.6 Å². The first-order valence-electron chi connectivity index (χ1n) is 9.25. The molecular weight excluding hydrogens is 427 g/mol. The summed E-state index contributed by atoms with van der Waals surface area (Å²) < 4.78 is 0. The summed E-state index contributed by atoms with van der Waals surface area (Å²) in [7, 11) is 0. The van der Waals surface area contributed by atoms with Gasteiger partial charge in [0.2, 0.25) is 5.91 Å². The summed E-state index contributed by atoms with van der Waals surface area (Å²) in [5.74, 6) is -0.309. The van der Waals surface area contributed by atoms with Crippen LogP contribution in [0.25, 0.3) is 0 Å². The van der Waals surface area contributed by atoms with E-state index < -0.39 is 11.8 Å². The van der Waals surface area contributed by atoms with Crippen molar-refractivity contribution < 1.29 is 19.2 Å². The molecule has 2 fully saturated rings. The lowest BCUT2D eigenvalue weighted by atomic mass is 10.0. The van der Waals surface area contributed by atoms with E-state index in [0.29, 0.717) is 24.6 Å². The topological polar surface area (TPSA) is 108 Å². The molecule has 0 aromatic heterocycles. The van der Waals surface area contributed by atoms with Crippen LogP contribution in [0, 0.1) is 0 Å². The molecule has 0 aromatic rings. The van der Waals surface area contributed by atoms with Crippen LogP contribution in [0.1, 0.15) is 32.1 Å². The SMILES string of the molecule is O=C(CCCC[C@@H]1SC[C@@H]2NC(=O)N[C@@H]21)NCCCN1C(=O)C(Cl)=C(Cl)C1=O. The van der Waals surface area contributed by atoms with E-state index in [4.69, 9.17) is 23.2 Å². The standard InChI is InChI=1S/C17H22Cl2N4O4S/c18-12-13(19)16(26)23(15(12)25)7-3-6-20-11(24)5-2-1-4-10-14-9(8-28-10)21-17(27)22-14/h9-10,14H,1-8H2,(H,20,24)(H2,21,22,27)/t9-,10-,14-/m0/s1. The highest BCUT2D eigenvalue weighted by atomic mass is 35.5. The number of amides is 5. The number of imide groups is 1. The van der Waals surface area contributed by atoms with E-state index in [2.05, 4.69) is 16.0 Å². The Morgan fingerprint density at radius 1 is 1.11 bits per heavy atom. The Morgan fingerprint density at radius 2 is 1.82 bits per heavy atom. The van der Waals surface area contributed by atoms with E-state index in [0.717, 1.165) is 29.9 Å². The summed E-state index contributed by atoms with van der Waals surface area (Å²) >= 11 is 13.2. The van der Waals surface area contributed by atoms with Gasteiger partial charge in [-0.25, -0.2) is 4.79 Å². The zero-order valence-corrected chi connectivity index (χ0v) is 17.5. The zero-order chi connectivity index (χ0) is 20.3. The van der Waals surface area contributed by atoms with Gasteiger partial charge in [-0.2, -0.15) is 11.8 Å². The number of thioether (sulfide) groups is 1. The molecule has 0 spiro atoms. The van der Waals surface area contributed by atoms with E-state index in [9.17, 15) is 19.2 Å². The molecular formula is C17H22Cl2N4O4S. The Labute approximate surface area is 177 Å². The third-order valence-electron chi connectivity index (χ3n) is 5.02. The molecule has 2 saturated heterocycles. The van der Waals surface area contributed by atoms with Gasteiger partial charge >= 0.3 is 6.03 Å². The largest absolute Gasteiger partial charge is 0.356 e. The second-order valence-corrected chi connectivity index (χ2v) is 8.99. The highest BCUT2D eigenvalue weighted by Gasteiger charge is 2.42. The van der Waals surface area contributed by atoms with Crippen molar-refractivity contribution in [2.45, 2.75) is 49.4 Å². The third-order valence-corrected chi connectivity index (χ3v) is 7.33. The van der Waals surface area contributed by atoms with Crippen molar-refractivity contribution in [3.05, 3.63) is 10.1 Å². The minimum atomic E-state index is -0.594. The molecule has 0 aromatic carbocycles. The lowest BCUT2D eigenvalue weighted by Gasteiger charge is -2.16. The molecule has 5 amide bonds. The summed E-state index contributed by atoms with van der Waals surface area (Å²) in [6.07, 6.45) is 3.53. The predicted octanol–water partition coefficient (Wildman–Crippen LogP) is 1.28. The first-order valence-corrected chi connectivity index (χ1v) is 11.1. The molecule has 3 atom stereocenters. The molecule has 0 saturated carbocycles. The van der Waals surface area contributed by atoms with Gasteiger partial charge in [0, 0.05) is 30.5 Å². The molecule has 0 unspecified atom stereocenters. The van der Waals surface area contributed by atoms with Crippen molar-refractivity contribution in [3.63, 3.8) is 0 Å². The number of halogens is 2. The van der Waals surface area contributed by atoms with Crippen LogP contribution >= 0.6 is 35.0 Å². The second kappa shape index (κ2) is 9.37. The number of hydrogen-bond donors (Lipinski definition) is 3. The molecule has 3 N–H and O–H groups in total. The highest BCUT2D eigenvalue weighted by molar-refractivity contribution is 8.00. The lowest BCUT2D eigenvalue weighted by Crippen LogP contribution is -2.36. The van der Waals surface area contributed by atoms with Crippen molar-refractivity contribution in [2.75, 3.05) is 18.8 Å². The molecule has 28 heavy (non-hydrogen) atoms. The van der Waals surface area contributed by atoms with E-state index in [1.54, 1.807) is 0 Å². The Bertz CT molecular complexity index is 693. The zero-order valence-electron chi connectivity index (χ0n) is 15.1. The molecule has 11 heteroatoms. The second-order valence-electron chi connectivity index (χ2n) is 6.96. The summed E-state index contributed by atoms with van der Waals surface area (Å²) in [5.41, 5.74) is 0. The Kier molecular flexibility index (Phi) is 7.11. The van der Waals surface area contributed by atoms with Crippen molar-refractivity contribution in [2.24, 2.45) is 0 Å². The average molecular weight is 449 g/mol. The number of carbonyl (C=O) groups is 4. The van der Waals surface area contributed by atoms with E-state index in [1.807, 2.05) is 11.8 Å². The third kappa shape index (κ3) is 4.75. The highest BCUT2D eigenvalue weighted by Crippen LogP contribution is 2.33. The van der Waals surface area contributed by atoms with Crippen LogP contribution in [0.4, 0.5) is 4.79 Å². The molecule has 0 bridgehead atoms. The van der Waals surface area contributed by atoms with Crippen LogP contribution in [0.15, 0.2) is 10.1 Å². The summed E-state index contributed by atoms with van der Waals surface area (Å²) in [6, 6.07) is 0.330. The van der Waals surface area contributed by atoms with Gasteiger partial charge in [0.1, 0.15) is 10.1 Å². The Morgan fingerprint density at radius 3 is 2.54 bits per heavy atom. The quantitative estimate of drug-likeness (QED) is 0.279. The van der Waals surface area contributed by atoms with E-state index >= 15 is 0 Å². The first kappa shape index (κ1) is 21.3. The maximum absolute atomic E-state index is 11.9. The molecule has 3 rings (SSSR count). The number of nitrogens with zero attached hydrogens (tertiary/aromatic N) is 1. The van der Waals surface area contributed by atoms with Crippen LogP contribution in [-0.4, -0.2) is 64.8 Å². The first-order chi connectivity index (χ1) is 13.4. The Hall–Kier alpha value is -1.45. The minimum absolute atomic E-state index is 0.0546. The summed E-state index contributed by atoms with van der Waals surface area (Å²) in [4.78, 5) is 47.7. The minimum Gasteiger partial charge on any atom is -0.356 e. The molecule has 154 valence electrons. The van der Waals surface area contributed by atoms with E-state index in [1.165, 1.54) is 0 Å². The van der Waals surface area contributed by atoms with Gasteiger partial charge in [-0.15, -0.1) is 0 Å². The molecule has 3 aliphatic heterocycles. The average Bonchev–Trinajstić information content (AvgIpc) is 3.26. The van der Waals surface area contributed by atoms with Gasteiger partial charge in [0.15, 0.2) is 0 Å². The number of hydrogen-bond acceptors (Lipinski definition) is 5. The number of carbonyl (C=O) groups excluding carboxylic acids is 4. The smallest absolute Gasteiger partial charge is 0.315 e. The van der Waals surface area contributed by atoms with Crippen molar-refractivity contribution in [1.82, 2.24) is 20.9 Å². The van der Waals surface area contributed by atoms with Crippen molar-refractivity contribution >= 4 is 58.7 Å². The number of unbranched alkanes of at least 4 members (excludes halogenated alkanes) is 1. The maximum Gasteiger partial charge on any atom is 0.315 e. The summed E-state index contributed by atoms with van der Waals surface area (Å²) in [5, 5.41) is 8.56. The van der Waals surface area contributed by atoms with Crippen LogP contribution in [-0.2, 0) is 14.4 Å². The fraction of sp³-hybridized carbons (Fsp3) is 0.647. The monoisotopic (exact) mass is 448 g/mol. The van der Waals surface area contributed by atoms with Crippen molar-refractivity contribution in [3.8, 4) is 0 Å². The number of fused-ring (bicyclic) bond motifs is 1. The summed E-state index contributed by atoms with van der Waals surface area (Å²) in [6.45, 7) is 0.524. The Balaban J connectivity index is 1.24. The molecule has 0 aliphatic carbocycles. The van der Waals surface area contributed by atoms with Crippen LogP contribution in [0.3, 0.4) is 0 Å². The fourth-order valence-electron chi connectivity index (χ4n) is 3.55. The normalized spacial score (nSPS) is 26.6. The van der Waals surface area contributed by atoms with Gasteiger partial charge in [-0.3, -0.25) is 19.3 Å². The predicted molar refractivity (Wildman–Crippen MR) is 107 cm³/mol. The lowest BCUT2D eigenvalue weighted by molar-refractivity contribution is -0.137. The number of rotatable bonds is 9. The van der Waals surface area contributed by atoms with Crippen LogP contribution < -0.4 is 16.0 Å². The van der Waals surface area contributed by atoms with Gasteiger partial charge in [0.25, 0.3) is 11.8 Å². The van der Waals surface area contributed by atoms with Crippen LogP contribution in [0.5, 0.6) is 0 Å². The molecule has 3 heterocycles. The molecule has 8 nitrogen and oxygen atoms in total. The van der Waals surface area contributed by atoms with Gasteiger partial charge in [-0.05, 0) is 19.3 Å². The fourth-order valence-corrected chi connectivity index (χ4v) is 5.46. The number of urea groups is 1. The van der Waals surface area contributed by atoms with Gasteiger partial charge in [0.05, 0.1) is 12.1 Å². The van der Waals surface area contributed by atoms with Crippen molar-refractivity contribution in [1.29, 1.82) is 0 Å². The molecule has 0 radical (unpaired) electrons. The molecule has 3 aliphatic rings.